The molecule has 24 heavy (non-hydrogen) atoms. The van der Waals surface area contributed by atoms with Gasteiger partial charge in [-0.15, -0.1) is 0 Å². The van der Waals surface area contributed by atoms with Gasteiger partial charge in [0.25, 0.3) is 5.91 Å². The Labute approximate surface area is 142 Å². The molecule has 1 aromatic carbocycles. The normalized spacial score (nSPS) is 13.0. The summed E-state index contributed by atoms with van der Waals surface area (Å²) in [6.07, 6.45) is 2.42. The molecule has 1 aromatic heterocycles. The molecule has 0 radical (unpaired) electrons. The van der Waals surface area contributed by atoms with Crippen molar-refractivity contribution in [3.63, 3.8) is 0 Å². The third-order valence-electron chi connectivity index (χ3n) is 3.98. The minimum absolute atomic E-state index is 0.00229. The Morgan fingerprint density at radius 3 is 2.50 bits per heavy atom. The molecule has 0 aliphatic heterocycles. The van der Waals surface area contributed by atoms with E-state index in [9.17, 15) is 9.59 Å². The predicted molar refractivity (Wildman–Crippen MR) is 94.8 cm³/mol. The molecule has 0 aliphatic carbocycles. The van der Waals surface area contributed by atoms with Gasteiger partial charge in [0.15, 0.2) is 0 Å². The van der Waals surface area contributed by atoms with Crippen LogP contribution >= 0.6 is 0 Å². The number of carbonyl (C=O) groups excluding carboxylic acids is 2. The van der Waals surface area contributed by atoms with Gasteiger partial charge in [0.1, 0.15) is 11.9 Å². The van der Waals surface area contributed by atoms with Crippen LogP contribution in [0.15, 0.2) is 48.7 Å². The number of aromatic nitrogens is 1. The van der Waals surface area contributed by atoms with E-state index >= 15 is 0 Å². The van der Waals surface area contributed by atoms with E-state index in [0.717, 1.165) is 12.0 Å². The number of rotatable bonds is 6. The van der Waals surface area contributed by atoms with Crippen molar-refractivity contribution in [3.05, 3.63) is 59.8 Å². The molecular weight excluding hydrogens is 302 g/mol. The average Bonchev–Trinajstić information content (AvgIpc) is 2.59. The van der Waals surface area contributed by atoms with Gasteiger partial charge in [0, 0.05) is 11.8 Å². The topological polar surface area (TPSA) is 71.1 Å². The van der Waals surface area contributed by atoms with E-state index in [4.69, 9.17) is 0 Å². The summed E-state index contributed by atoms with van der Waals surface area (Å²) in [7, 11) is 0. The van der Waals surface area contributed by atoms with Crippen molar-refractivity contribution in [2.75, 3.05) is 5.32 Å². The molecule has 2 amide bonds. The number of nitrogens with one attached hydrogen (secondary N) is 2. The largest absolute Gasteiger partial charge is 0.340 e. The lowest BCUT2D eigenvalue weighted by Gasteiger charge is -2.23. The molecule has 0 saturated heterocycles. The van der Waals surface area contributed by atoms with Crippen LogP contribution in [0.4, 0.5) is 5.82 Å². The van der Waals surface area contributed by atoms with Crippen molar-refractivity contribution in [3.8, 4) is 0 Å². The molecule has 1 heterocycles. The number of benzene rings is 1. The first-order valence-electron chi connectivity index (χ1n) is 8.10. The quantitative estimate of drug-likeness (QED) is 0.857. The molecule has 5 heteroatoms. The van der Waals surface area contributed by atoms with Crippen LogP contribution in [0.25, 0.3) is 0 Å². The third-order valence-corrected chi connectivity index (χ3v) is 3.98. The molecule has 5 nitrogen and oxygen atoms in total. The molecule has 2 aromatic rings. The van der Waals surface area contributed by atoms with Gasteiger partial charge in [-0.3, -0.25) is 9.59 Å². The first kappa shape index (κ1) is 17.7. The second kappa shape index (κ2) is 8.24. The van der Waals surface area contributed by atoms with Crippen molar-refractivity contribution in [2.24, 2.45) is 5.92 Å². The Balaban J connectivity index is 2.12. The van der Waals surface area contributed by atoms with Crippen molar-refractivity contribution >= 4 is 17.6 Å². The van der Waals surface area contributed by atoms with Gasteiger partial charge in [-0.25, -0.2) is 4.98 Å². The number of hydrogen-bond donors (Lipinski definition) is 2. The maximum absolute atomic E-state index is 12.6. The second-order valence-corrected chi connectivity index (χ2v) is 5.91. The second-order valence-electron chi connectivity index (χ2n) is 5.91. The minimum atomic E-state index is -0.620. The van der Waals surface area contributed by atoms with Gasteiger partial charge >= 0.3 is 0 Å². The summed E-state index contributed by atoms with van der Waals surface area (Å²) in [6, 6.07) is 11.9. The SMILES string of the molecule is CCC(C)C(NC(=O)c1ccccc1)C(=O)Nc1cc(C)ccn1. The Morgan fingerprint density at radius 1 is 1.17 bits per heavy atom. The molecule has 2 rings (SSSR count). The summed E-state index contributed by atoms with van der Waals surface area (Å²) in [4.78, 5) is 29.1. The van der Waals surface area contributed by atoms with E-state index in [-0.39, 0.29) is 17.7 Å². The zero-order valence-corrected chi connectivity index (χ0v) is 14.2. The zero-order chi connectivity index (χ0) is 17.5. The van der Waals surface area contributed by atoms with Gasteiger partial charge < -0.3 is 10.6 Å². The lowest BCUT2D eigenvalue weighted by Crippen LogP contribution is -2.47. The first-order valence-corrected chi connectivity index (χ1v) is 8.10. The number of aryl methyl sites for hydroxylation is 1. The molecule has 126 valence electrons. The van der Waals surface area contributed by atoms with E-state index < -0.39 is 6.04 Å². The van der Waals surface area contributed by atoms with Crippen LogP contribution in [0.3, 0.4) is 0 Å². The molecule has 0 fully saturated rings. The number of anilines is 1. The van der Waals surface area contributed by atoms with Gasteiger partial charge in [-0.1, -0.05) is 38.5 Å². The Bertz CT molecular complexity index is 701. The highest BCUT2D eigenvalue weighted by Gasteiger charge is 2.26. The number of hydrogen-bond acceptors (Lipinski definition) is 3. The maximum atomic E-state index is 12.6. The summed E-state index contributed by atoms with van der Waals surface area (Å²) in [5.41, 5.74) is 1.54. The highest BCUT2D eigenvalue weighted by Crippen LogP contribution is 2.13. The van der Waals surface area contributed by atoms with E-state index in [0.29, 0.717) is 11.4 Å². The summed E-state index contributed by atoms with van der Waals surface area (Å²) in [5.74, 6) is -0.0234. The summed E-state index contributed by atoms with van der Waals surface area (Å²) >= 11 is 0. The highest BCUT2D eigenvalue weighted by atomic mass is 16.2. The third kappa shape index (κ3) is 4.65. The van der Waals surface area contributed by atoms with Crippen LogP contribution in [0.2, 0.25) is 0 Å². The van der Waals surface area contributed by atoms with Crippen molar-refractivity contribution in [1.82, 2.24) is 10.3 Å². The lowest BCUT2D eigenvalue weighted by molar-refractivity contribution is -0.119. The number of amides is 2. The van der Waals surface area contributed by atoms with E-state index in [1.54, 1.807) is 36.5 Å². The zero-order valence-electron chi connectivity index (χ0n) is 14.2. The number of carbonyl (C=O) groups is 2. The fourth-order valence-corrected chi connectivity index (χ4v) is 2.32. The Morgan fingerprint density at radius 2 is 1.88 bits per heavy atom. The summed E-state index contributed by atoms with van der Waals surface area (Å²) < 4.78 is 0. The fraction of sp³-hybridized carbons (Fsp3) is 0.316. The monoisotopic (exact) mass is 325 g/mol. The molecule has 2 N–H and O–H groups in total. The molecule has 0 bridgehead atoms. The fourth-order valence-electron chi connectivity index (χ4n) is 2.32. The highest BCUT2D eigenvalue weighted by molar-refractivity contribution is 6.01. The summed E-state index contributed by atoms with van der Waals surface area (Å²) in [5, 5.41) is 5.63. The molecule has 0 saturated carbocycles. The molecule has 2 atom stereocenters. The van der Waals surface area contributed by atoms with E-state index in [1.807, 2.05) is 32.9 Å². The van der Waals surface area contributed by atoms with Gasteiger partial charge in [0.2, 0.25) is 5.91 Å². The van der Waals surface area contributed by atoms with Gasteiger partial charge in [0.05, 0.1) is 0 Å². The molecule has 0 spiro atoms. The minimum Gasteiger partial charge on any atom is -0.340 e. The van der Waals surface area contributed by atoms with Gasteiger partial charge in [-0.05, 0) is 42.7 Å². The predicted octanol–water partition coefficient (Wildman–Crippen LogP) is 3.17. The Kier molecular flexibility index (Phi) is 6.07. The average molecular weight is 325 g/mol. The van der Waals surface area contributed by atoms with Crippen LogP contribution in [-0.4, -0.2) is 22.8 Å². The lowest BCUT2D eigenvalue weighted by atomic mass is 9.98. The van der Waals surface area contributed by atoms with Crippen LogP contribution in [0.5, 0.6) is 0 Å². The number of nitrogens with zero attached hydrogens (tertiary/aromatic N) is 1. The van der Waals surface area contributed by atoms with Crippen LogP contribution in [0.1, 0.15) is 36.2 Å². The first-order chi connectivity index (χ1) is 11.5. The van der Waals surface area contributed by atoms with Crippen LogP contribution in [0, 0.1) is 12.8 Å². The van der Waals surface area contributed by atoms with Crippen molar-refractivity contribution < 1.29 is 9.59 Å². The maximum Gasteiger partial charge on any atom is 0.251 e. The van der Waals surface area contributed by atoms with Crippen molar-refractivity contribution in [1.29, 1.82) is 0 Å². The molecule has 2 unspecified atom stereocenters. The number of pyridine rings is 1. The smallest absolute Gasteiger partial charge is 0.251 e. The van der Waals surface area contributed by atoms with Crippen LogP contribution < -0.4 is 10.6 Å². The molecule has 0 aliphatic rings. The van der Waals surface area contributed by atoms with E-state index in [1.165, 1.54) is 0 Å². The summed E-state index contributed by atoms with van der Waals surface area (Å²) in [6.45, 7) is 5.87. The standard InChI is InChI=1S/C19H23N3O2/c1-4-14(3)17(22-18(23)15-8-6-5-7-9-15)19(24)21-16-12-13(2)10-11-20-16/h5-12,14,17H,4H2,1-3H3,(H,22,23)(H,20,21,24). The van der Waals surface area contributed by atoms with Crippen molar-refractivity contribution in [2.45, 2.75) is 33.2 Å². The van der Waals surface area contributed by atoms with E-state index in [2.05, 4.69) is 15.6 Å². The Hall–Kier alpha value is -2.69. The van der Waals surface area contributed by atoms with Gasteiger partial charge in [-0.2, -0.15) is 0 Å². The molecular formula is C19H23N3O2. The van der Waals surface area contributed by atoms with Crippen LogP contribution in [-0.2, 0) is 4.79 Å².